The molecule has 2 aromatic rings. The van der Waals surface area contributed by atoms with Gasteiger partial charge in [0.05, 0.1) is 5.56 Å². The normalized spacial score (nSPS) is 11.2. The molecule has 0 amide bonds. The highest BCUT2D eigenvalue weighted by atomic mass is 19.4. The molecule has 0 aliphatic heterocycles. The molecule has 0 nitrogen and oxygen atoms in total. The SMILES string of the molecule is CC(C)=C(c1ccccc1)c1ccc(C(F)(F)F)cc1. The van der Waals surface area contributed by atoms with E-state index in [1.807, 2.05) is 44.2 Å². The highest BCUT2D eigenvalue weighted by Gasteiger charge is 2.30. The summed E-state index contributed by atoms with van der Waals surface area (Å²) in [6.45, 7) is 3.92. The zero-order valence-electron chi connectivity index (χ0n) is 11.3. The Labute approximate surface area is 116 Å². The summed E-state index contributed by atoms with van der Waals surface area (Å²) in [4.78, 5) is 0. The standard InChI is InChI=1S/C17H15F3/c1-12(2)16(13-6-4-3-5-7-13)14-8-10-15(11-9-14)17(18,19)20/h3-11H,1-2H3. The van der Waals surface area contributed by atoms with Gasteiger partial charge in [-0.25, -0.2) is 0 Å². The quantitative estimate of drug-likeness (QED) is 0.675. The van der Waals surface area contributed by atoms with E-state index in [4.69, 9.17) is 0 Å². The maximum atomic E-state index is 12.6. The van der Waals surface area contributed by atoms with Gasteiger partial charge >= 0.3 is 6.18 Å². The Hall–Kier alpha value is -2.03. The van der Waals surface area contributed by atoms with Gasteiger partial charge < -0.3 is 0 Å². The van der Waals surface area contributed by atoms with Crippen molar-refractivity contribution in [3.8, 4) is 0 Å². The lowest BCUT2D eigenvalue weighted by Crippen LogP contribution is -2.04. The third-order valence-electron chi connectivity index (χ3n) is 3.06. The van der Waals surface area contributed by atoms with Crippen LogP contribution in [0.15, 0.2) is 60.2 Å². The molecule has 0 fully saturated rings. The molecule has 0 heterocycles. The van der Waals surface area contributed by atoms with Crippen LogP contribution in [0.2, 0.25) is 0 Å². The van der Waals surface area contributed by atoms with Crippen LogP contribution < -0.4 is 0 Å². The Balaban J connectivity index is 2.46. The number of hydrogen-bond donors (Lipinski definition) is 0. The average Bonchev–Trinajstić information content (AvgIpc) is 2.39. The fourth-order valence-electron chi connectivity index (χ4n) is 2.17. The molecule has 0 bridgehead atoms. The van der Waals surface area contributed by atoms with E-state index in [0.717, 1.165) is 34.4 Å². The minimum Gasteiger partial charge on any atom is -0.166 e. The van der Waals surface area contributed by atoms with Gasteiger partial charge in [-0.2, -0.15) is 13.2 Å². The van der Waals surface area contributed by atoms with Crippen molar-refractivity contribution in [2.24, 2.45) is 0 Å². The molecule has 2 rings (SSSR count). The van der Waals surface area contributed by atoms with Crippen LogP contribution >= 0.6 is 0 Å². The Morgan fingerprint density at radius 1 is 0.750 bits per heavy atom. The molecule has 0 saturated heterocycles. The van der Waals surface area contributed by atoms with Crippen LogP contribution in [0.3, 0.4) is 0 Å². The van der Waals surface area contributed by atoms with Gasteiger partial charge in [-0.05, 0) is 42.7 Å². The van der Waals surface area contributed by atoms with Gasteiger partial charge in [-0.1, -0.05) is 48.0 Å². The minimum absolute atomic E-state index is 0.623. The Bertz CT molecular complexity index is 601. The fraction of sp³-hybridized carbons (Fsp3) is 0.176. The van der Waals surface area contributed by atoms with Crippen molar-refractivity contribution < 1.29 is 13.2 Å². The Morgan fingerprint density at radius 2 is 1.25 bits per heavy atom. The van der Waals surface area contributed by atoms with E-state index < -0.39 is 11.7 Å². The molecule has 0 aliphatic rings. The second kappa shape index (κ2) is 5.53. The molecule has 0 aromatic heterocycles. The first-order valence-electron chi connectivity index (χ1n) is 6.30. The van der Waals surface area contributed by atoms with E-state index in [1.54, 1.807) is 0 Å². The maximum absolute atomic E-state index is 12.6. The predicted molar refractivity (Wildman–Crippen MR) is 75.3 cm³/mol. The summed E-state index contributed by atoms with van der Waals surface area (Å²) in [5.74, 6) is 0. The first-order valence-corrected chi connectivity index (χ1v) is 6.30. The van der Waals surface area contributed by atoms with Gasteiger partial charge in [-0.3, -0.25) is 0 Å². The average molecular weight is 276 g/mol. The van der Waals surface area contributed by atoms with Crippen LogP contribution in [-0.4, -0.2) is 0 Å². The van der Waals surface area contributed by atoms with Crippen LogP contribution in [0.1, 0.15) is 30.5 Å². The fourth-order valence-corrected chi connectivity index (χ4v) is 2.17. The predicted octanol–water partition coefficient (Wildman–Crippen LogP) is 5.55. The smallest absolute Gasteiger partial charge is 0.166 e. The van der Waals surface area contributed by atoms with Gasteiger partial charge in [0.1, 0.15) is 0 Å². The summed E-state index contributed by atoms with van der Waals surface area (Å²) < 4.78 is 37.8. The molecule has 20 heavy (non-hydrogen) atoms. The number of hydrogen-bond acceptors (Lipinski definition) is 0. The van der Waals surface area contributed by atoms with Crippen molar-refractivity contribution in [3.05, 3.63) is 76.9 Å². The van der Waals surface area contributed by atoms with E-state index in [-0.39, 0.29) is 0 Å². The summed E-state index contributed by atoms with van der Waals surface area (Å²) in [6.07, 6.45) is -4.30. The van der Waals surface area contributed by atoms with Gasteiger partial charge in [0.15, 0.2) is 0 Å². The highest BCUT2D eigenvalue weighted by molar-refractivity contribution is 5.81. The molecular weight excluding hydrogens is 261 g/mol. The maximum Gasteiger partial charge on any atom is 0.416 e. The number of benzene rings is 2. The molecule has 0 unspecified atom stereocenters. The summed E-state index contributed by atoms with van der Waals surface area (Å²) in [5, 5.41) is 0. The monoisotopic (exact) mass is 276 g/mol. The Kier molecular flexibility index (Phi) is 3.98. The zero-order chi connectivity index (χ0) is 14.8. The molecule has 0 spiro atoms. The number of halogens is 3. The first kappa shape index (κ1) is 14.4. The van der Waals surface area contributed by atoms with Crippen LogP contribution in [0.5, 0.6) is 0 Å². The van der Waals surface area contributed by atoms with Crippen LogP contribution in [0.4, 0.5) is 13.2 Å². The van der Waals surface area contributed by atoms with Gasteiger partial charge in [0, 0.05) is 0 Å². The van der Waals surface area contributed by atoms with E-state index in [2.05, 4.69) is 0 Å². The molecule has 104 valence electrons. The van der Waals surface area contributed by atoms with Crippen LogP contribution in [0.25, 0.3) is 5.57 Å². The largest absolute Gasteiger partial charge is 0.416 e. The van der Waals surface area contributed by atoms with Crippen molar-refractivity contribution in [1.29, 1.82) is 0 Å². The lowest BCUT2D eigenvalue weighted by atomic mass is 9.93. The molecule has 3 heteroatoms. The summed E-state index contributed by atoms with van der Waals surface area (Å²) in [5.41, 5.74) is 3.22. The molecule has 0 atom stereocenters. The topological polar surface area (TPSA) is 0 Å². The third-order valence-corrected chi connectivity index (χ3v) is 3.06. The zero-order valence-corrected chi connectivity index (χ0v) is 11.3. The van der Waals surface area contributed by atoms with Crippen LogP contribution in [-0.2, 0) is 6.18 Å². The van der Waals surface area contributed by atoms with E-state index in [0.29, 0.717) is 0 Å². The Morgan fingerprint density at radius 3 is 1.70 bits per heavy atom. The van der Waals surface area contributed by atoms with E-state index in [1.165, 1.54) is 12.1 Å². The number of alkyl halides is 3. The lowest BCUT2D eigenvalue weighted by molar-refractivity contribution is -0.137. The molecule has 0 aliphatic carbocycles. The summed E-state index contributed by atoms with van der Waals surface area (Å²) in [6, 6.07) is 15.0. The first-order chi connectivity index (χ1) is 9.39. The van der Waals surface area contributed by atoms with E-state index >= 15 is 0 Å². The second-order valence-corrected chi connectivity index (χ2v) is 4.82. The molecule has 2 aromatic carbocycles. The van der Waals surface area contributed by atoms with Gasteiger partial charge in [0.25, 0.3) is 0 Å². The highest BCUT2D eigenvalue weighted by Crippen LogP contribution is 2.32. The lowest BCUT2D eigenvalue weighted by Gasteiger charge is -2.13. The van der Waals surface area contributed by atoms with Gasteiger partial charge in [0.2, 0.25) is 0 Å². The molecular formula is C17H15F3. The summed E-state index contributed by atoms with van der Waals surface area (Å²) in [7, 11) is 0. The molecule has 0 saturated carbocycles. The number of allylic oxidation sites excluding steroid dienone is 1. The van der Waals surface area contributed by atoms with Crippen molar-refractivity contribution in [2.45, 2.75) is 20.0 Å². The molecule has 0 radical (unpaired) electrons. The van der Waals surface area contributed by atoms with Crippen molar-refractivity contribution in [1.82, 2.24) is 0 Å². The van der Waals surface area contributed by atoms with Crippen LogP contribution in [0, 0.1) is 0 Å². The third kappa shape index (κ3) is 3.10. The second-order valence-electron chi connectivity index (χ2n) is 4.82. The number of rotatable bonds is 2. The molecule has 0 N–H and O–H groups in total. The van der Waals surface area contributed by atoms with Gasteiger partial charge in [-0.15, -0.1) is 0 Å². The van der Waals surface area contributed by atoms with Crippen molar-refractivity contribution >= 4 is 5.57 Å². The minimum atomic E-state index is -4.30. The van der Waals surface area contributed by atoms with Crippen molar-refractivity contribution in [3.63, 3.8) is 0 Å². The van der Waals surface area contributed by atoms with E-state index in [9.17, 15) is 13.2 Å². The van der Waals surface area contributed by atoms with Crippen molar-refractivity contribution in [2.75, 3.05) is 0 Å². The summed E-state index contributed by atoms with van der Waals surface area (Å²) >= 11 is 0.